The van der Waals surface area contributed by atoms with Gasteiger partial charge in [-0.1, -0.05) is 0 Å². The quantitative estimate of drug-likeness (QED) is 0.870. The summed E-state index contributed by atoms with van der Waals surface area (Å²) in [6.45, 7) is 5.86. The van der Waals surface area contributed by atoms with E-state index in [1.54, 1.807) is 18.3 Å². The van der Waals surface area contributed by atoms with Gasteiger partial charge in [0, 0.05) is 17.9 Å². The van der Waals surface area contributed by atoms with Gasteiger partial charge in [0.05, 0.1) is 24.2 Å². The maximum absolute atomic E-state index is 11.7. The Morgan fingerprint density at radius 1 is 1.39 bits per heavy atom. The fourth-order valence-electron chi connectivity index (χ4n) is 1.61. The summed E-state index contributed by atoms with van der Waals surface area (Å²) in [7, 11) is 0. The molecule has 0 aliphatic rings. The fourth-order valence-corrected chi connectivity index (χ4v) is 2.34. The Morgan fingerprint density at radius 2 is 2.17 bits per heavy atom. The van der Waals surface area contributed by atoms with Gasteiger partial charge < -0.3 is 15.2 Å². The van der Waals surface area contributed by atoms with Gasteiger partial charge in [0.2, 0.25) is 5.88 Å². The Hall–Kier alpha value is -2.35. The first-order chi connectivity index (χ1) is 10.8. The van der Waals surface area contributed by atoms with Crippen LogP contribution in [0.1, 0.15) is 26.5 Å². The summed E-state index contributed by atoms with van der Waals surface area (Å²) < 4.78 is 10.7. The Balaban J connectivity index is 1.78. The summed E-state index contributed by atoms with van der Waals surface area (Å²) >= 11 is 1.34. The monoisotopic (exact) mass is 336 g/mol. The number of rotatable bonds is 5. The van der Waals surface area contributed by atoms with Crippen LogP contribution in [0.2, 0.25) is 0 Å². The number of hydrogen-bond donors (Lipinski definition) is 2. The minimum atomic E-state index is -0.538. The van der Waals surface area contributed by atoms with Crippen molar-refractivity contribution in [2.24, 2.45) is 0 Å². The van der Waals surface area contributed by atoms with Crippen LogP contribution in [0.15, 0.2) is 23.7 Å². The van der Waals surface area contributed by atoms with Crippen molar-refractivity contribution >= 4 is 28.2 Å². The first-order valence-electron chi connectivity index (χ1n) is 7.10. The SMILES string of the molecule is CC(C)(C)OC(=O)Nc1nc(CCOc2ccc(N)cn2)cs1. The van der Waals surface area contributed by atoms with E-state index < -0.39 is 11.7 Å². The van der Waals surface area contributed by atoms with Gasteiger partial charge in [-0.05, 0) is 26.8 Å². The zero-order chi connectivity index (χ0) is 16.9. The van der Waals surface area contributed by atoms with Crippen LogP contribution in [0.25, 0.3) is 0 Å². The van der Waals surface area contributed by atoms with Crippen LogP contribution < -0.4 is 15.8 Å². The predicted octanol–water partition coefficient (Wildman–Crippen LogP) is 3.09. The largest absolute Gasteiger partial charge is 0.477 e. The van der Waals surface area contributed by atoms with E-state index in [9.17, 15) is 4.79 Å². The maximum atomic E-state index is 11.7. The Labute approximate surface area is 138 Å². The first kappa shape index (κ1) is 17.0. The molecule has 0 aliphatic heterocycles. The highest BCUT2D eigenvalue weighted by Gasteiger charge is 2.17. The number of nitrogens with zero attached hydrogens (tertiary/aromatic N) is 2. The highest BCUT2D eigenvalue weighted by Crippen LogP contribution is 2.18. The van der Waals surface area contributed by atoms with Crippen molar-refractivity contribution in [3.63, 3.8) is 0 Å². The molecule has 2 aromatic rings. The molecule has 8 heteroatoms. The average molecular weight is 336 g/mol. The summed E-state index contributed by atoms with van der Waals surface area (Å²) in [5.41, 5.74) is 6.44. The highest BCUT2D eigenvalue weighted by molar-refractivity contribution is 7.13. The van der Waals surface area contributed by atoms with E-state index in [2.05, 4.69) is 15.3 Å². The van der Waals surface area contributed by atoms with E-state index in [1.807, 2.05) is 26.2 Å². The van der Waals surface area contributed by atoms with E-state index >= 15 is 0 Å². The van der Waals surface area contributed by atoms with Gasteiger partial charge in [0.25, 0.3) is 0 Å². The number of pyridine rings is 1. The van der Waals surface area contributed by atoms with Crippen molar-refractivity contribution in [3.8, 4) is 5.88 Å². The molecule has 0 unspecified atom stereocenters. The second-order valence-electron chi connectivity index (χ2n) is 5.80. The van der Waals surface area contributed by atoms with E-state index in [0.717, 1.165) is 5.69 Å². The molecular weight excluding hydrogens is 316 g/mol. The van der Waals surface area contributed by atoms with Gasteiger partial charge in [-0.3, -0.25) is 5.32 Å². The smallest absolute Gasteiger partial charge is 0.413 e. The summed E-state index contributed by atoms with van der Waals surface area (Å²) in [6, 6.07) is 3.44. The van der Waals surface area contributed by atoms with Crippen molar-refractivity contribution in [1.29, 1.82) is 0 Å². The third-order valence-corrected chi connectivity index (χ3v) is 3.33. The average Bonchev–Trinajstić information content (AvgIpc) is 2.86. The second-order valence-corrected chi connectivity index (χ2v) is 6.66. The van der Waals surface area contributed by atoms with Gasteiger partial charge >= 0.3 is 6.09 Å². The topological polar surface area (TPSA) is 99.4 Å². The van der Waals surface area contributed by atoms with Gasteiger partial charge in [0.1, 0.15) is 5.60 Å². The summed E-state index contributed by atoms with van der Waals surface area (Å²) in [5, 5.41) is 4.98. The molecule has 124 valence electrons. The highest BCUT2D eigenvalue weighted by atomic mass is 32.1. The number of carbonyl (C=O) groups excluding carboxylic acids is 1. The Kier molecular flexibility index (Phi) is 5.38. The van der Waals surface area contributed by atoms with Crippen LogP contribution in [-0.2, 0) is 11.2 Å². The van der Waals surface area contributed by atoms with Crippen LogP contribution >= 0.6 is 11.3 Å². The van der Waals surface area contributed by atoms with Crippen LogP contribution in [0.4, 0.5) is 15.6 Å². The van der Waals surface area contributed by atoms with E-state index in [0.29, 0.717) is 29.7 Å². The normalized spacial score (nSPS) is 11.1. The number of nitrogens with one attached hydrogen (secondary N) is 1. The van der Waals surface area contributed by atoms with Crippen molar-refractivity contribution in [2.75, 3.05) is 17.7 Å². The zero-order valence-corrected chi connectivity index (χ0v) is 14.1. The minimum Gasteiger partial charge on any atom is -0.477 e. The summed E-state index contributed by atoms with van der Waals surface area (Å²) in [5.74, 6) is 0.515. The molecule has 0 fully saturated rings. The van der Waals surface area contributed by atoms with Crippen LogP contribution in [0.5, 0.6) is 5.88 Å². The molecule has 2 heterocycles. The molecule has 2 rings (SSSR count). The Bertz CT molecular complexity index is 649. The molecule has 1 amide bonds. The number of nitrogen functional groups attached to an aromatic ring is 1. The number of thiazole rings is 1. The minimum absolute atomic E-state index is 0.437. The Morgan fingerprint density at radius 3 is 2.83 bits per heavy atom. The van der Waals surface area contributed by atoms with Crippen molar-refractivity contribution in [3.05, 3.63) is 29.4 Å². The number of nitrogens with two attached hydrogens (primary N) is 1. The van der Waals surface area contributed by atoms with Gasteiger partial charge in [-0.2, -0.15) is 0 Å². The predicted molar refractivity (Wildman–Crippen MR) is 89.8 cm³/mol. The third kappa shape index (κ3) is 6.11. The van der Waals surface area contributed by atoms with Crippen LogP contribution in [0, 0.1) is 0 Å². The first-order valence-corrected chi connectivity index (χ1v) is 7.98. The fraction of sp³-hybridized carbons (Fsp3) is 0.400. The van der Waals surface area contributed by atoms with Crippen molar-refractivity contribution in [1.82, 2.24) is 9.97 Å². The third-order valence-electron chi connectivity index (χ3n) is 2.53. The standard InChI is InChI=1S/C15H20N4O3S/c1-15(2,3)22-14(20)19-13-18-11(9-23-13)6-7-21-12-5-4-10(16)8-17-12/h4-5,8-9H,6-7,16H2,1-3H3,(H,18,19,20). The van der Waals surface area contributed by atoms with E-state index in [-0.39, 0.29) is 0 Å². The van der Waals surface area contributed by atoms with E-state index in [1.165, 1.54) is 11.3 Å². The molecule has 23 heavy (non-hydrogen) atoms. The number of ether oxygens (including phenoxy) is 2. The molecule has 0 bridgehead atoms. The summed E-state index contributed by atoms with van der Waals surface area (Å²) in [4.78, 5) is 20.0. The number of carbonyl (C=O) groups is 1. The molecule has 3 N–H and O–H groups in total. The number of aromatic nitrogens is 2. The van der Waals surface area contributed by atoms with Gasteiger partial charge in [0.15, 0.2) is 5.13 Å². The molecule has 0 spiro atoms. The zero-order valence-electron chi connectivity index (χ0n) is 13.3. The number of hydrogen-bond acceptors (Lipinski definition) is 7. The molecular formula is C15H20N4O3S. The molecule has 0 saturated carbocycles. The molecule has 2 aromatic heterocycles. The lowest BCUT2D eigenvalue weighted by Gasteiger charge is -2.18. The van der Waals surface area contributed by atoms with Crippen LogP contribution in [0.3, 0.4) is 0 Å². The second kappa shape index (κ2) is 7.28. The van der Waals surface area contributed by atoms with Crippen LogP contribution in [-0.4, -0.2) is 28.3 Å². The molecule has 0 atom stereocenters. The van der Waals surface area contributed by atoms with Gasteiger partial charge in [-0.25, -0.2) is 14.8 Å². The molecule has 0 radical (unpaired) electrons. The lowest BCUT2D eigenvalue weighted by atomic mass is 10.2. The molecule has 0 saturated heterocycles. The lowest BCUT2D eigenvalue weighted by Crippen LogP contribution is -2.27. The van der Waals surface area contributed by atoms with Crippen molar-refractivity contribution in [2.45, 2.75) is 32.8 Å². The molecule has 0 aliphatic carbocycles. The number of anilines is 2. The van der Waals surface area contributed by atoms with Gasteiger partial charge in [-0.15, -0.1) is 11.3 Å². The molecule has 7 nitrogen and oxygen atoms in total. The summed E-state index contributed by atoms with van der Waals surface area (Å²) in [6.07, 6.45) is 1.64. The van der Waals surface area contributed by atoms with Crippen molar-refractivity contribution < 1.29 is 14.3 Å². The lowest BCUT2D eigenvalue weighted by molar-refractivity contribution is 0.0636. The maximum Gasteiger partial charge on any atom is 0.413 e. The van der Waals surface area contributed by atoms with E-state index in [4.69, 9.17) is 15.2 Å². The number of amides is 1. The molecule has 0 aromatic carbocycles.